The summed E-state index contributed by atoms with van der Waals surface area (Å²) in [5, 5.41) is 17.8. The fraction of sp³-hybridized carbons (Fsp3) is 0.0870. The molecule has 3 aromatic carbocycles. The van der Waals surface area contributed by atoms with E-state index >= 15 is 0 Å². The molecular weight excluding hydrogens is 464 g/mol. The van der Waals surface area contributed by atoms with Crippen LogP contribution in [0.1, 0.15) is 15.9 Å². The molecule has 34 heavy (non-hydrogen) atoms. The maximum atomic E-state index is 12.2. The number of carbonyl (C=O) groups is 2. The van der Waals surface area contributed by atoms with Crippen LogP contribution in [0.15, 0.2) is 71.8 Å². The van der Waals surface area contributed by atoms with Gasteiger partial charge in [0.2, 0.25) is 0 Å². The third-order valence-corrected chi connectivity index (χ3v) is 4.63. The zero-order valence-corrected chi connectivity index (χ0v) is 18.6. The summed E-state index contributed by atoms with van der Waals surface area (Å²) in [7, 11) is 1.55. The largest absolute Gasteiger partial charge is 0.497 e. The monoisotopic (exact) mass is 482 g/mol. The molecule has 0 spiro atoms. The number of nitrogens with one attached hydrogen (secondary N) is 2. The first-order chi connectivity index (χ1) is 16.4. The second kappa shape index (κ2) is 11.4. The van der Waals surface area contributed by atoms with Crippen LogP contribution in [0.5, 0.6) is 11.5 Å². The lowest BCUT2D eigenvalue weighted by molar-refractivity contribution is -0.384. The van der Waals surface area contributed by atoms with Gasteiger partial charge in [-0.05, 0) is 48.5 Å². The van der Waals surface area contributed by atoms with Gasteiger partial charge in [-0.3, -0.25) is 19.7 Å². The number of methoxy groups -OCH3 is 1. The molecule has 0 atom stereocenters. The third-order valence-electron chi connectivity index (χ3n) is 4.39. The minimum Gasteiger partial charge on any atom is -0.497 e. The van der Waals surface area contributed by atoms with E-state index in [1.807, 2.05) is 0 Å². The van der Waals surface area contributed by atoms with Crippen molar-refractivity contribution < 1.29 is 24.0 Å². The number of non-ortho nitro benzene ring substituents is 1. The summed E-state index contributed by atoms with van der Waals surface area (Å²) in [5.74, 6) is -0.0511. The van der Waals surface area contributed by atoms with E-state index in [9.17, 15) is 19.7 Å². The molecule has 0 saturated heterocycles. The van der Waals surface area contributed by atoms with Gasteiger partial charge in [-0.15, -0.1) is 0 Å². The van der Waals surface area contributed by atoms with Gasteiger partial charge < -0.3 is 14.8 Å². The highest BCUT2D eigenvalue weighted by atomic mass is 35.5. The summed E-state index contributed by atoms with van der Waals surface area (Å²) in [6.45, 7) is -0.283. The third kappa shape index (κ3) is 6.78. The summed E-state index contributed by atoms with van der Waals surface area (Å²) in [5.41, 5.74) is 3.13. The normalized spacial score (nSPS) is 10.5. The van der Waals surface area contributed by atoms with E-state index in [1.165, 1.54) is 24.4 Å². The number of hydrogen-bond acceptors (Lipinski definition) is 7. The number of anilines is 1. The van der Waals surface area contributed by atoms with Crippen molar-refractivity contribution in [3.8, 4) is 11.5 Å². The Morgan fingerprint density at radius 2 is 1.88 bits per heavy atom. The number of rotatable bonds is 9. The Morgan fingerprint density at radius 3 is 2.59 bits per heavy atom. The van der Waals surface area contributed by atoms with E-state index in [0.29, 0.717) is 27.8 Å². The van der Waals surface area contributed by atoms with Crippen LogP contribution in [-0.2, 0) is 4.79 Å². The SMILES string of the molecule is COc1ccc(NC(=O)COc2ccc(Cl)cc2/C=N/NC(=O)c2cccc([N+](=O)[O-])c2)cc1. The Hall–Kier alpha value is -4.44. The zero-order chi connectivity index (χ0) is 24.5. The molecule has 0 unspecified atom stereocenters. The van der Waals surface area contributed by atoms with E-state index in [1.54, 1.807) is 49.6 Å². The molecule has 0 aliphatic carbocycles. The van der Waals surface area contributed by atoms with Gasteiger partial charge in [0, 0.05) is 34.0 Å². The maximum Gasteiger partial charge on any atom is 0.271 e. The number of nitrogens with zero attached hydrogens (tertiary/aromatic N) is 2. The number of benzene rings is 3. The number of ether oxygens (including phenoxy) is 2. The number of hydrazone groups is 1. The lowest BCUT2D eigenvalue weighted by Crippen LogP contribution is -2.20. The van der Waals surface area contributed by atoms with Crippen molar-refractivity contribution in [2.45, 2.75) is 0 Å². The molecule has 3 aromatic rings. The van der Waals surface area contributed by atoms with Crippen molar-refractivity contribution >= 4 is 41.0 Å². The summed E-state index contributed by atoms with van der Waals surface area (Å²) in [6.07, 6.45) is 1.29. The number of nitro groups is 1. The van der Waals surface area contributed by atoms with Crippen LogP contribution in [0.25, 0.3) is 0 Å². The van der Waals surface area contributed by atoms with Crippen LogP contribution in [0, 0.1) is 10.1 Å². The molecule has 174 valence electrons. The molecular formula is C23H19ClN4O6. The fourth-order valence-corrected chi connectivity index (χ4v) is 2.93. The second-order valence-electron chi connectivity index (χ2n) is 6.75. The minimum atomic E-state index is -0.636. The first kappa shape index (κ1) is 24.2. The molecule has 0 heterocycles. The van der Waals surface area contributed by atoms with Gasteiger partial charge in [-0.25, -0.2) is 5.43 Å². The molecule has 0 aliphatic rings. The van der Waals surface area contributed by atoms with Crippen LogP contribution in [-0.4, -0.2) is 36.7 Å². The summed E-state index contributed by atoms with van der Waals surface area (Å²) >= 11 is 6.04. The van der Waals surface area contributed by atoms with Crippen molar-refractivity contribution in [3.05, 3.63) is 93.0 Å². The number of hydrogen-bond donors (Lipinski definition) is 2. The molecule has 0 saturated carbocycles. The predicted octanol–water partition coefficient (Wildman–Crippen LogP) is 4.04. The van der Waals surface area contributed by atoms with Gasteiger partial charge in [-0.1, -0.05) is 17.7 Å². The minimum absolute atomic E-state index is 0.0733. The van der Waals surface area contributed by atoms with Crippen molar-refractivity contribution in [2.75, 3.05) is 19.0 Å². The Labute approximate surface area is 199 Å². The molecule has 3 rings (SSSR count). The molecule has 0 radical (unpaired) electrons. The molecule has 2 amide bonds. The van der Waals surface area contributed by atoms with Crippen LogP contribution < -0.4 is 20.2 Å². The van der Waals surface area contributed by atoms with Gasteiger partial charge in [0.05, 0.1) is 18.2 Å². The quantitative estimate of drug-likeness (QED) is 0.269. The number of nitro benzene ring substituents is 1. The van der Waals surface area contributed by atoms with E-state index in [0.717, 1.165) is 6.07 Å². The van der Waals surface area contributed by atoms with Crippen LogP contribution in [0.2, 0.25) is 5.02 Å². The fourth-order valence-electron chi connectivity index (χ4n) is 2.75. The molecule has 0 fully saturated rings. The summed E-state index contributed by atoms with van der Waals surface area (Å²) in [6, 6.07) is 16.7. The van der Waals surface area contributed by atoms with E-state index in [2.05, 4.69) is 15.8 Å². The zero-order valence-electron chi connectivity index (χ0n) is 17.9. The van der Waals surface area contributed by atoms with Gasteiger partial charge in [0.25, 0.3) is 17.5 Å². The van der Waals surface area contributed by atoms with Gasteiger partial charge in [0.15, 0.2) is 6.61 Å². The molecule has 10 nitrogen and oxygen atoms in total. The molecule has 0 aliphatic heterocycles. The standard InChI is InChI=1S/C23H19ClN4O6/c1-33-20-8-6-18(7-9-20)26-22(29)14-34-21-10-5-17(24)11-16(21)13-25-27-23(30)15-3-2-4-19(12-15)28(31)32/h2-13H,14H2,1H3,(H,26,29)(H,27,30)/b25-13+. The predicted molar refractivity (Wildman–Crippen MR) is 127 cm³/mol. The van der Waals surface area contributed by atoms with Crippen molar-refractivity contribution in [1.29, 1.82) is 0 Å². The molecule has 0 aromatic heterocycles. The lowest BCUT2D eigenvalue weighted by Gasteiger charge is -2.10. The van der Waals surface area contributed by atoms with Gasteiger partial charge in [-0.2, -0.15) is 5.10 Å². The van der Waals surface area contributed by atoms with Crippen molar-refractivity contribution in [2.24, 2.45) is 5.10 Å². The van der Waals surface area contributed by atoms with E-state index in [-0.39, 0.29) is 23.8 Å². The first-order valence-electron chi connectivity index (χ1n) is 9.80. The number of halogens is 1. The van der Waals surface area contributed by atoms with E-state index < -0.39 is 10.8 Å². The number of amides is 2. The molecule has 11 heteroatoms. The van der Waals surface area contributed by atoms with Crippen LogP contribution in [0.4, 0.5) is 11.4 Å². The van der Waals surface area contributed by atoms with Crippen LogP contribution >= 0.6 is 11.6 Å². The van der Waals surface area contributed by atoms with Crippen LogP contribution in [0.3, 0.4) is 0 Å². The summed E-state index contributed by atoms with van der Waals surface area (Å²) in [4.78, 5) is 34.7. The highest BCUT2D eigenvalue weighted by molar-refractivity contribution is 6.30. The Bertz CT molecular complexity index is 1230. The second-order valence-corrected chi connectivity index (χ2v) is 7.19. The Kier molecular flexibility index (Phi) is 8.14. The molecule has 0 bridgehead atoms. The Morgan fingerprint density at radius 1 is 1.12 bits per heavy atom. The van der Waals surface area contributed by atoms with Crippen molar-refractivity contribution in [1.82, 2.24) is 5.43 Å². The van der Waals surface area contributed by atoms with E-state index in [4.69, 9.17) is 21.1 Å². The molecule has 2 N–H and O–H groups in total. The maximum absolute atomic E-state index is 12.2. The smallest absolute Gasteiger partial charge is 0.271 e. The lowest BCUT2D eigenvalue weighted by atomic mass is 10.2. The average Bonchev–Trinajstić information content (AvgIpc) is 2.84. The average molecular weight is 483 g/mol. The van der Waals surface area contributed by atoms with Gasteiger partial charge in [0.1, 0.15) is 11.5 Å². The highest BCUT2D eigenvalue weighted by Gasteiger charge is 2.11. The highest BCUT2D eigenvalue weighted by Crippen LogP contribution is 2.22. The number of carbonyl (C=O) groups excluding carboxylic acids is 2. The topological polar surface area (TPSA) is 132 Å². The Balaban J connectivity index is 1.62. The van der Waals surface area contributed by atoms with Gasteiger partial charge >= 0.3 is 0 Å². The van der Waals surface area contributed by atoms with Crippen molar-refractivity contribution in [3.63, 3.8) is 0 Å². The summed E-state index contributed by atoms with van der Waals surface area (Å²) < 4.78 is 10.7. The first-order valence-corrected chi connectivity index (χ1v) is 10.2.